The van der Waals surface area contributed by atoms with E-state index in [-0.39, 0.29) is 34.4 Å². The maximum absolute atomic E-state index is 14.6. The van der Waals surface area contributed by atoms with Crippen LogP contribution in [0.4, 0.5) is 15.1 Å². The topological polar surface area (TPSA) is 164 Å². The number of nitrogens with zero attached hydrogens (tertiary/aromatic N) is 4. The van der Waals surface area contributed by atoms with Gasteiger partial charge in [-0.3, -0.25) is 14.2 Å². The molecule has 196 valence electrons. The van der Waals surface area contributed by atoms with E-state index in [2.05, 4.69) is 5.32 Å². The summed E-state index contributed by atoms with van der Waals surface area (Å²) in [5, 5.41) is 20.6. The Morgan fingerprint density at radius 1 is 1.21 bits per heavy atom. The third kappa shape index (κ3) is 5.41. The van der Waals surface area contributed by atoms with E-state index in [1.54, 1.807) is 35.2 Å². The summed E-state index contributed by atoms with van der Waals surface area (Å²) < 4.78 is 21.0. The third-order valence-electron chi connectivity index (χ3n) is 6.31. The standard InChI is InChI=1S/C26H25FN6O5/c1-38-19-6-4-15(5-7-19)22-23(16-2-3-17(13-28)20(27)12-16)31-25(33(24(22)35)14-21(29)34)32-10-8-18(9-11-32)30-26(36)37/h2-7,12,18,30H,8-11,14H2,1H3,(H2,29,34)(H,36,37). The van der Waals surface area contributed by atoms with Gasteiger partial charge in [-0.25, -0.2) is 14.2 Å². The van der Waals surface area contributed by atoms with Gasteiger partial charge in [-0.15, -0.1) is 0 Å². The number of hydrogen-bond acceptors (Lipinski definition) is 7. The molecular weight excluding hydrogens is 495 g/mol. The second-order valence-electron chi connectivity index (χ2n) is 8.74. The van der Waals surface area contributed by atoms with E-state index in [0.717, 1.165) is 6.07 Å². The smallest absolute Gasteiger partial charge is 0.404 e. The predicted octanol–water partition coefficient (Wildman–Crippen LogP) is 2.32. The Labute approximate surface area is 216 Å². The first-order valence-electron chi connectivity index (χ1n) is 11.7. The highest BCUT2D eigenvalue weighted by atomic mass is 19.1. The van der Waals surface area contributed by atoms with Crippen LogP contribution in [0.2, 0.25) is 0 Å². The molecule has 0 spiro atoms. The minimum Gasteiger partial charge on any atom is -0.497 e. The summed E-state index contributed by atoms with van der Waals surface area (Å²) in [5.41, 5.74) is 5.75. The lowest BCUT2D eigenvalue weighted by molar-refractivity contribution is -0.118. The Balaban J connectivity index is 1.92. The van der Waals surface area contributed by atoms with Crippen molar-refractivity contribution in [2.75, 3.05) is 25.1 Å². The molecule has 2 heterocycles. The number of piperidine rings is 1. The maximum Gasteiger partial charge on any atom is 0.404 e. The first-order chi connectivity index (χ1) is 18.2. The molecule has 38 heavy (non-hydrogen) atoms. The van der Waals surface area contributed by atoms with Gasteiger partial charge in [0.15, 0.2) is 0 Å². The van der Waals surface area contributed by atoms with Gasteiger partial charge in [0.25, 0.3) is 5.56 Å². The van der Waals surface area contributed by atoms with Crippen LogP contribution in [0.15, 0.2) is 47.3 Å². The molecule has 1 aliphatic rings. The zero-order valence-electron chi connectivity index (χ0n) is 20.5. The minimum absolute atomic E-state index is 0.115. The van der Waals surface area contributed by atoms with Crippen LogP contribution >= 0.6 is 0 Å². The SMILES string of the molecule is COc1ccc(-c2c(-c3ccc(C#N)c(F)c3)nc(N3CCC(NC(=O)O)CC3)n(CC(N)=O)c2=O)cc1. The Kier molecular flexibility index (Phi) is 7.57. The van der Waals surface area contributed by atoms with Gasteiger partial charge >= 0.3 is 6.09 Å². The van der Waals surface area contributed by atoms with Crippen LogP contribution in [0, 0.1) is 17.1 Å². The normalized spacial score (nSPS) is 13.6. The zero-order chi connectivity index (χ0) is 27.4. The fraction of sp³-hybridized carbons (Fsp3) is 0.269. The molecule has 2 aromatic carbocycles. The molecule has 0 aliphatic carbocycles. The number of halogens is 1. The van der Waals surface area contributed by atoms with Crippen molar-refractivity contribution in [3.05, 3.63) is 64.2 Å². The molecule has 11 nitrogen and oxygen atoms in total. The number of benzene rings is 2. The van der Waals surface area contributed by atoms with E-state index in [1.807, 2.05) is 0 Å². The van der Waals surface area contributed by atoms with Crippen LogP contribution in [0.3, 0.4) is 0 Å². The molecule has 0 unspecified atom stereocenters. The summed E-state index contributed by atoms with van der Waals surface area (Å²) in [7, 11) is 1.51. The fourth-order valence-corrected chi connectivity index (χ4v) is 4.46. The Morgan fingerprint density at radius 3 is 2.42 bits per heavy atom. The summed E-state index contributed by atoms with van der Waals surface area (Å²) >= 11 is 0. The molecule has 1 fully saturated rings. The molecule has 0 bridgehead atoms. The lowest BCUT2D eigenvalue weighted by Crippen LogP contribution is -2.46. The van der Waals surface area contributed by atoms with Crippen molar-refractivity contribution in [1.29, 1.82) is 5.26 Å². The van der Waals surface area contributed by atoms with Gasteiger partial charge < -0.3 is 25.8 Å². The lowest BCUT2D eigenvalue weighted by atomic mass is 9.99. The minimum atomic E-state index is -1.12. The molecule has 1 aliphatic heterocycles. The first kappa shape index (κ1) is 26.2. The van der Waals surface area contributed by atoms with Gasteiger partial charge in [-0.2, -0.15) is 5.26 Å². The van der Waals surface area contributed by atoms with E-state index < -0.39 is 29.9 Å². The number of amides is 2. The first-order valence-corrected chi connectivity index (χ1v) is 11.7. The number of hydrogen-bond donors (Lipinski definition) is 3. The monoisotopic (exact) mass is 520 g/mol. The van der Waals surface area contributed by atoms with Crippen molar-refractivity contribution in [2.45, 2.75) is 25.4 Å². The van der Waals surface area contributed by atoms with E-state index >= 15 is 0 Å². The fourth-order valence-electron chi connectivity index (χ4n) is 4.46. The van der Waals surface area contributed by atoms with Gasteiger partial charge in [0.05, 0.1) is 23.9 Å². The number of anilines is 1. The molecule has 4 rings (SSSR count). The Bertz CT molecular complexity index is 1470. The summed E-state index contributed by atoms with van der Waals surface area (Å²) in [6.07, 6.45) is -0.235. The summed E-state index contributed by atoms with van der Waals surface area (Å²) in [5.74, 6) is -0.814. The molecule has 1 saturated heterocycles. The number of ether oxygens (including phenoxy) is 1. The summed E-state index contributed by atoms with van der Waals surface area (Å²) in [6.45, 7) is 0.248. The highest BCUT2D eigenvalue weighted by Gasteiger charge is 2.27. The van der Waals surface area contributed by atoms with Crippen LogP contribution in [-0.4, -0.2) is 52.9 Å². The Morgan fingerprint density at radius 2 is 1.87 bits per heavy atom. The average Bonchev–Trinajstić information content (AvgIpc) is 2.89. The van der Waals surface area contributed by atoms with Gasteiger partial charge in [0.1, 0.15) is 24.2 Å². The molecule has 0 saturated carbocycles. The highest BCUT2D eigenvalue weighted by molar-refractivity contribution is 5.82. The number of nitrogens with one attached hydrogen (secondary N) is 1. The second kappa shape index (κ2) is 11.0. The number of rotatable bonds is 7. The van der Waals surface area contributed by atoms with Crippen molar-refractivity contribution in [2.24, 2.45) is 5.73 Å². The maximum atomic E-state index is 14.6. The Hall–Kier alpha value is -4.92. The molecule has 0 atom stereocenters. The van der Waals surface area contributed by atoms with Crippen molar-refractivity contribution >= 4 is 17.9 Å². The summed E-state index contributed by atoms with van der Waals surface area (Å²) in [4.78, 5) is 43.5. The van der Waals surface area contributed by atoms with Crippen LogP contribution in [0.5, 0.6) is 5.75 Å². The molecule has 1 aromatic heterocycles. The number of aromatic nitrogens is 2. The van der Waals surface area contributed by atoms with Crippen molar-refractivity contribution in [3.63, 3.8) is 0 Å². The molecular formula is C26H25FN6O5. The van der Waals surface area contributed by atoms with Gasteiger partial charge in [-0.1, -0.05) is 18.2 Å². The van der Waals surface area contributed by atoms with E-state index in [9.17, 15) is 18.8 Å². The highest BCUT2D eigenvalue weighted by Crippen LogP contribution is 2.32. The molecule has 0 radical (unpaired) electrons. The number of nitrogens with two attached hydrogens (primary N) is 1. The average molecular weight is 521 g/mol. The molecule has 3 aromatic rings. The van der Waals surface area contributed by atoms with E-state index in [4.69, 9.17) is 25.8 Å². The van der Waals surface area contributed by atoms with Gasteiger partial charge in [0, 0.05) is 24.7 Å². The number of methoxy groups -OCH3 is 1. The number of carbonyl (C=O) groups is 2. The van der Waals surface area contributed by atoms with Crippen LogP contribution in [0.25, 0.3) is 22.4 Å². The van der Waals surface area contributed by atoms with E-state index in [0.29, 0.717) is 37.2 Å². The van der Waals surface area contributed by atoms with Crippen LogP contribution in [-0.2, 0) is 11.3 Å². The predicted molar refractivity (Wildman–Crippen MR) is 136 cm³/mol. The number of primary amides is 1. The quantitative estimate of drug-likeness (QED) is 0.427. The number of carboxylic acid groups (broad SMARTS) is 1. The van der Waals surface area contributed by atoms with Crippen LogP contribution < -0.4 is 26.2 Å². The van der Waals surface area contributed by atoms with Crippen molar-refractivity contribution in [3.8, 4) is 34.2 Å². The van der Waals surface area contributed by atoms with Crippen molar-refractivity contribution in [1.82, 2.24) is 14.9 Å². The molecule has 2 amide bonds. The summed E-state index contributed by atoms with van der Waals surface area (Å²) in [6, 6.07) is 12.1. The number of nitriles is 1. The lowest BCUT2D eigenvalue weighted by Gasteiger charge is -2.34. The van der Waals surface area contributed by atoms with Gasteiger partial charge in [0.2, 0.25) is 11.9 Å². The van der Waals surface area contributed by atoms with Crippen molar-refractivity contribution < 1.29 is 23.8 Å². The molecule has 12 heteroatoms. The zero-order valence-corrected chi connectivity index (χ0v) is 20.5. The second-order valence-corrected chi connectivity index (χ2v) is 8.74. The van der Waals surface area contributed by atoms with Gasteiger partial charge in [-0.05, 0) is 42.7 Å². The largest absolute Gasteiger partial charge is 0.497 e. The van der Waals surface area contributed by atoms with Crippen LogP contribution in [0.1, 0.15) is 18.4 Å². The van der Waals surface area contributed by atoms with E-state index in [1.165, 1.54) is 23.8 Å². The molecule has 4 N–H and O–H groups in total. The third-order valence-corrected chi connectivity index (χ3v) is 6.31. The number of carbonyl (C=O) groups excluding carboxylic acids is 1.